The Labute approximate surface area is 123 Å². The third kappa shape index (κ3) is 3.95. The minimum Gasteiger partial charge on any atom is -0.377 e. The Morgan fingerprint density at radius 1 is 1.25 bits per heavy atom. The summed E-state index contributed by atoms with van der Waals surface area (Å²) in [5, 5.41) is 3.30. The maximum atomic E-state index is 12.4. The number of hydrogen-bond acceptors (Lipinski definition) is 4. The van der Waals surface area contributed by atoms with Crippen LogP contribution in [0.1, 0.15) is 52.4 Å². The molecule has 1 aliphatic heterocycles. The molecule has 4 unspecified atom stereocenters. The molecule has 4 nitrogen and oxygen atoms in total. The molecule has 0 aromatic carbocycles. The van der Waals surface area contributed by atoms with Gasteiger partial charge < -0.3 is 10.1 Å². The van der Waals surface area contributed by atoms with E-state index in [1.54, 1.807) is 0 Å². The van der Waals surface area contributed by atoms with Gasteiger partial charge in [0.05, 0.1) is 17.1 Å². The molecule has 4 atom stereocenters. The van der Waals surface area contributed by atoms with Gasteiger partial charge in [-0.1, -0.05) is 13.3 Å². The molecule has 0 radical (unpaired) electrons. The topological polar surface area (TPSA) is 55.4 Å². The SMILES string of the molecule is CCCNC1CCCC1CCS(=O)(=O)C1CCOC1C. The molecule has 1 N–H and O–H groups in total. The highest BCUT2D eigenvalue weighted by Gasteiger charge is 2.36. The van der Waals surface area contributed by atoms with Crippen LogP contribution >= 0.6 is 0 Å². The van der Waals surface area contributed by atoms with E-state index in [1.165, 1.54) is 19.3 Å². The van der Waals surface area contributed by atoms with E-state index in [0.29, 0.717) is 30.7 Å². The average Bonchev–Trinajstić information content (AvgIpc) is 3.02. The predicted octanol–water partition coefficient (Wildman–Crippen LogP) is 2.14. The van der Waals surface area contributed by atoms with Gasteiger partial charge in [-0.3, -0.25) is 0 Å². The standard InChI is InChI=1S/C15H29NO3S/c1-3-9-16-14-6-4-5-13(14)8-11-20(17,18)15-7-10-19-12(15)2/h12-16H,3-11H2,1-2H3. The molecule has 1 heterocycles. The Morgan fingerprint density at radius 2 is 2.05 bits per heavy atom. The first-order valence-electron chi connectivity index (χ1n) is 8.11. The molecule has 0 bridgehead atoms. The van der Waals surface area contributed by atoms with Crippen molar-refractivity contribution in [2.24, 2.45) is 5.92 Å². The first-order valence-corrected chi connectivity index (χ1v) is 9.82. The molecule has 5 heteroatoms. The second-order valence-corrected chi connectivity index (χ2v) is 8.65. The first-order chi connectivity index (χ1) is 9.54. The summed E-state index contributed by atoms with van der Waals surface area (Å²) >= 11 is 0. The van der Waals surface area contributed by atoms with Crippen LogP contribution in [0.2, 0.25) is 0 Å². The second kappa shape index (κ2) is 7.23. The Hall–Kier alpha value is -0.130. The Morgan fingerprint density at radius 3 is 2.70 bits per heavy atom. The van der Waals surface area contributed by atoms with Gasteiger partial charge in [0.1, 0.15) is 0 Å². The van der Waals surface area contributed by atoms with Crippen LogP contribution < -0.4 is 5.32 Å². The summed E-state index contributed by atoms with van der Waals surface area (Å²) < 4.78 is 30.2. The van der Waals surface area contributed by atoms with Crippen molar-refractivity contribution in [1.29, 1.82) is 0 Å². The van der Waals surface area contributed by atoms with Crippen molar-refractivity contribution in [3.63, 3.8) is 0 Å². The normalized spacial score (nSPS) is 34.7. The van der Waals surface area contributed by atoms with Crippen molar-refractivity contribution in [2.75, 3.05) is 18.9 Å². The van der Waals surface area contributed by atoms with Crippen molar-refractivity contribution >= 4 is 9.84 Å². The zero-order valence-electron chi connectivity index (χ0n) is 12.8. The molecule has 20 heavy (non-hydrogen) atoms. The molecule has 1 saturated heterocycles. The number of sulfone groups is 1. The monoisotopic (exact) mass is 303 g/mol. The number of hydrogen-bond donors (Lipinski definition) is 1. The van der Waals surface area contributed by atoms with Crippen LogP contribution in [0.5, 0.6) is 0 Å². The Bertz CT molecular complexity index is 396. The summed E-state index contributed by atoms with van der Waals surface area (Å²) in [6.07, 6.45) is 6.10. The molecule has 1 saturated carbocycles. The third-order valence-electron chi connectivity index (χ3n) is 4.86. The molecule has 1 aliphatic carbocycles. The number of nitrogens with one attached hydrogen (secondary N) is 1. The van der Waals surface area contributed by atoms with E-state index in [0.717, 1.165) is 19.4 Å². The maximum Gasteiger partial charge on any atom is 0.155 e. The van der Waals surface area contributed by atoms with Gasteiger partial charge in [-0.15, -0.1) is 0 Å². The summed E-state index contributed by atoms with van der Waals surface area (Å²) in [5.41, 5.74) is 0. The van der Waals surface area contributed by atoms with Gasteiger partial charge in [0.2, 0.25) is 0 Å². The summed E-state index contributed by atoms with van der Waals surface area (Å²) in [6.45, 7) is 5.69. The molecule has 2 rings (SSSR count). The number of rotatable bonds is 7. The molecule has 0 aromatic heterocycles. The van der Waals surface area contributed by atoms with E-state index in [2.05, 4.69) is 12.2 Å². The molecule has 2 fully saturated rings. The molecule has 0 aromatic rings. The van der Waals surface area contributed by atoms with Gasteiger partial charge in [-0.25, -0.2) is 8.42 Å². The largest absolute Gasteiger partial charge is 0.377 e. The fourth-order valence-electron chi connectivity index (χ4n) is 3.63. The van der Waals surface area contributed by atoms with Crippen LogP contribution in [-0.2, 0) is 14.6 Å². The van der Waals surface area contributed by atoms with E-state index < -0.39 is 9.84 Å². The zero-order valence-corrected chi connectivity index (χ0v) is 13.6. The van der Waals surface area contributed by atoms with Gasteiger partial charge in [-0.05, 0) is 51.5 Å². The van der Waals surface area contributed by atoms with Crippen LogP contribution in [0.3, 0.4) is 0 Å². The van der Waals surface area contributed by atoms with Gasteiger partial charge in [0.25, 0.3) is 0 Å². The molecule has 0 amide bonds. The predicted molar refractivity (Wildman–Crippen MR) is 81.6 cm³/mol. The maximum absolute atomic E-state index is 12.4. The minimum atomic E-state index is -2.99. The highest BCUT2D eigenvalue weighted by Crippen LogP contribution is 2.30. The van der Waals surface area contributed by atoms with Crippen LogP contribution in [0.4, 0.5) is 0 Å². The lowest BCUT2D eigenvalue weighted by atomic mass is 10.0. The van der Waals surface area contributed by atoms with Crippen LogP contribution in [0, 0.1) is 5.92 Å². The van der Waals surface area contributed by atoms with Gasteiger partial charge in [-0.2, -0.15) is 0 Å². The van der Waals surface area contributed by atoms with Crippen LogP contribution in [0.25, 0.3) is 0 Å². The summed E-state index contributed by atoms with van der Waals surface area (Å²) in [5.74, 6) is 0.870. The van der Waals surface area contributed by atoms with Crippen molar-refractivity contribution in [1.82, 2.24) is 5.32 Å². The van der Waals surface area contributed by atoms with Crippen LogP contribution in [0.15, 0.2) is 0 Å². The lowest BCUT2D eigenvalue weighted by Gasteiger charge is -2.22. The summed E-state index contributed by atoms with van der Waals surface area (Å²) in [4.78, 5) is 0. The second-order valence-electron chi connectivity index (χ2n) is 6.31. The Balaban J connectivity index is 1.84. The van der Waals surface area contributed by atoms with E-state index in [1.807, 2.05) is 6.92 Å². The van der Waals surface area contributed by atoms with E-state index in [-0.39, 0.29) is 11.4 Å². The van der Waals surface area contributed by atoms with Crippen molar-refractivity contribution in [2.45, 2.75) is 69.8 Å². The van der Waals surface area contributed by atoms with Gasteiger partial charge in [0, 0.05) is 12.6 Å². The fraction of sp³-hybridized carbons (Fsp3) is 1.00. The minimum absolute atomic E-state index is 0.127. The summed E-state index contributed by atoms with van der Waals surface area (Å²) in [6, 6.07) is 0.530. The third-order valence-corrected chi connectivity index (χ3v) is 7.20. The highest BCUT2D eigenvalue weighted by atomic mass is 32.2. The average molecular weight is 303 g/mol. The lowest BCUT2D eigenvalue weighted by Crippen LogP contribution is -2.35. The van der Waals surface area contributed by atoms with Gasteiger partial charge >= 0.3 is 0 Å². The van der Waals surface area contributed by atoms with E-state index in [4.69, 9.17) is 4.74 Å². The quantitative estimate of drug-likeness (QED) is 0.783. The zero-order chi connectivity index (χ0) is 14.6. The molecule has 118 valence electrons. The van der Waals surface area contributed by atoms with Crippen molar-refractivity contribution in [3.05, 3.63) is 0 Å². The molecule has 0 spiro atoms. The molecular weight excluding hydrogens is 274 g/mol. The van der Waals surface area contributed by atoms with Crippen molar-refractivity contribution in [3.8, 4) is 0 Å². The van der Waals surface area contributed by atoms with E-state index >= 15 is 0 Å². The van der Waals surface area contributed by atoms with Crippen molar-refractivity contribution < 1.29 is 13.2 Å². The number of ether oxygens (including phenoxy) is 1. The smallest absolute Gasteiger partial charge is 0.155 e. The molecular formula is C15H29NO3S. The first kappa shape index (κ1) is 16.2. The summed E-state index contributed by atoms with van der Waals surface area (Å²) in [7, 11) is -2.99. The highest BCUT2D eigenvalue weighted by molar-refractivity contribution is 7.92. The Kier molecular flexibility index (Phi) is 5.87. The van der Waals surface area contributed by atoms with Gasteiger partial charge in [0.15, 0.2) is 9.84 Å². The van der Waals surface area contributed by atoms with Crippen LogP contribution in [-0.4, -0.2) is 44.7 Å². The fourth-order valence-corrected chi connectivity index (χ4v) is 5.68. The van der Waals surface area contributed by atoms with E-state index in [9.17, 15) is 8.42 Å². The lowest BCUT2D eigenvalue weighted by molar-refractivity contribution is 0.126. The molecule has 2 aliphatic rings.